The molecule has 0 spiro atoms. The van der Waals surface area contributed by atoms with Crippen molar-refractivity contribution in [2.24, 2.45) is 5.92 Å². The summed E-state index contributed by atoms with van der Waals surface area (Å²) in [4.78, 5) is 17.4. The number of rotatable bonds is 6. The monoisotopic (exact) mass is 462 g/mol. The van der Waals surface area contributed by atoms with Gasteiger partial charge in [0, 0.05) is 43.9 Å². The Balaban J connectivity index is 1.39. The fourth-order valence-corrected chi connectivity index (χ4v) is 5.10. The Labute approximate surface area is 193 Å². The van der Waals surface area contributed by atoms with E-state index in [1.807, 2.05) is 0 Å². The summed E-state index contributed by atoms with van der Waals surface area (Å²) < 4.78 is 40.3. The molecule has 1 saturated heterocycles. The van der Waals surface area contributed by atoms with Crippen LogP contribution in [0.1, 0.15) is 78.3 Å². The molecule has 1 amide bonds. The van der Waals surface area contributed by atoms with E-state index in [9.17, 15) is 18.0 Å². The zero-order valence-corrected chi connectivity index (χ0v) is 19.4. The average molecular weight is 463 g/mol. The second-order valence-electron chi connectivity index (χ2n) is 9.74. The Morgan fingerprint density at radius 2 is 1.91 bits per heavy atom. The molecule has 0 aliphatic carbocycles. The number of nitrogens with one attached hydrogen (secondary N) is 1. The van der Waals surface area contributed by atoms with Gasteiger partial charge < -0.3 is 4.90 Å². The van der Waals surface area contributed by atoms with Gasteiger partial charge in [0.2, 0.25) is 0 Å². The van der Waals surface area contributed by atoms with Crippen molar-refractivity contribution in [3.8, 4) is 0 Å². The number of nitrogens with zero attached hydrogens (tertiary/aromatic N) is 3. The number of H-pyrrole nitrogens is 1. The fraction of sp³-hybridized carbons (Fsp3) is 0.600. The minimum Gasteiger partial charge on any atom is -0.337 e. The van der Waals surface area contributed by atoms with Gasteiger partial charge >= 0.3 is 6.18 Å². The zero-order valence-electron chi connectivity index (χ0n) is 19.4. The summed E-state index contributed by atoms with van der Waals surface area (Å²) in [5.74, 6) is 0.373. The van der Waals surface area contributed by atoms with E-state index in [2.05, 4.69) is 28.9 Å². The summed E-state index contributed by atoms with van der Waals surface area (Å²) >= 11 is 0. The van der Waals surface area contributed by atoms with Crippen LogP contribution in [0.4, 0.5) is 13.2 Å². The van der Waals surface area contributed by atoms with Crippen molar-refractivity contribution in [2.45, 2.75) is 64.6 Å². The number of hydrogen-bond acceptors (Lipinski definition) is 3. The summed E-state index contributed by atoms with van der Waals surface area (Å²) in [5, 5.41) is 7.40. The Bertz CT molecular complexity index is 961. The number of piperidine rings is 1. The maximum absolute atomic E-state index is 13.4. The van der Waals surface area contributed by atoms with Gasteiger partial charge in [-0.25, -0.2) is 0 Å². The molecular formula is C25H33F3N4O. The van der Waals surface area contributed by atoms with Gasteiger partial charge in [0.1, 0.15) is 0 Å². The standard InChI is InChI=1S/C25H33F3N4O/c1-17(2)6-5-12-31-13-11-22-20(16-31)23(30-29-22)24(33)32-14-9-18(10-15-32)19-7-3-4-8-21(19)25(26,27)28/h3-4,7-8,17-18H,5-6,9-16H2,1-2H3,(H,29,30). The van der Waals surface area contributed by atoms with Crippen LogP contribution in [-0.4, -0.2) is 52.1 Å². The van der Waals surface area contributed by atoms with Gasteiger partial charge in [0.25, 0.3) is 5.91 Å². The molecule has 1 N–H and O–H groups in total. The third-order valence-corrected chi connectivity index (χ3v) is 6.96. The third kappa shape index (κ3) is 5.42. The first-order valence-corrected chi connectivity index (χ1v) is 12.0. The highest BCUT2D eigenvalue weighted by Gasteiger charge is 2.36. The van der Waals surface area contributed by atoms with E-state index in [4.69, 9.17) is 0 Å². The second kappa shape index (κ2) is 9.87. The molecular weight excluding hydrogens is 429 g/mol. The topological polar surface area (TPSA) is 52.2 Å². The first kappa shape index (κ1) is 23.8. The van der Waals surface area contributed by atoms with Gasteiger partial charge in [-0.3, -0.25) is 14.8 Å². The highest BCUT2D eigenvalue weighted by atomic mass is 19.4. The van der Waals surface area contributed by atoms with Crippen molar-refractivity contribution < 1.29 is 18.0 Å². The van der Waals surface area contributed by atoms with Crippen LogP contribution in [0.15, 0.2) is 24.3 Å². The number of benzene rings is 1. The van der Waals surface area contributed by atoms with Gasteiger partial charge in [0.05, 0.1) is 5.56 Å². The molecule has 1 aromatic carbocycles. The summed E-state index contributed by atoms with van der Waals surface area (Å²) in [6, 6.07) is 5.81. The minimum atomic E-state index is -4.36. The van der Waals surface area contributed by atoms with Crippen LogP contribution < -0.4 is 0 Å². The van der Waals surface area contributed by atoms with Crippen molar-refractivity contribution in [3.05, 3.63) is 52.3 Å². The van der Waals surface area contributed by atoms with E-state index in [1.54, 1.807) is 17.0 Å². The lowest BCUT2D eigenvalue weighted by Crippen LogP contribution is -2.39. The quantitative estimate of drug-likeness (QED) is 0.639. The predicted molar refractivity (Wildman–Crippen MR) is 121 cm³/mol. The predicted octanol–water partition coefficient (Wildman–Crippen LogP) is 5.24. The summed E-state index contributed by atoms with van der Waals surface area (Å²) in [7, 11) is 0. The summed E-state index contributed by atoms with van der Waals surface area (Å²) in [5.41, 5.74) is 2.28. The van der Waals surface area contributed by atoms with Crippen LogP contribution >= 0.6 is 0 Å². The molecule has 0 bridgehead atoms. The molecule has 3 heterocycles. The van der Waals surface area contributed by atoms with E-state index in [0.717, 1.165) is 49.8 Å². The molecule has 0 radical (unpaired) electrons. The van der Waals surface area contributed by atoms with Gasteiger partial charge in [-0.15, -0.1) is 0 Å². The lowest BCUT2D eigenvalue weighted by molar-refractivity contribution is -0.138. The van der Waals surface area contributed by atoms with Gasteiger partial charge in [0.15, 0.2) is 5.69 Å². The molecule has 2 aliphatic rings. The van der Waals surface area contributed by atoms with Crippen molar-refractivity contribution in [1.29, 1.82) is 0 Å². The summed E-state index contributed by atoms with van der Waals surface area (Å²) in [6.07, 6.45) is -0.139. The number of fused-ring (bicyclic) bond motifs is 1. The molecule has 2 aromatic rings. The number of carbonyl (C=O) groups is 1. The Kier molecular flexibility index (Phi) is 7.12. The van der Waals surface area contributed by atoms with Crippen LogP contribution in [0.2, 0.25) is 0 Å². The highest BCUT2D eigenvalue weighted by molar-refractivity contribution is 5.94. The SMILES string of the molecule is CC(C)CCCN1CCc2[nH]nc(C(=O)N3CCC(c4ccccc4C(F)(F)F)CC3)c2C1. The van der Waals surface area contributed by atoms with Crippen LogP contribution in [0.25, 0.3) is 0 Å². The molecule has 1 fully saturated rings. The molecule has 0 atom stereocenters. The highest BCUT2D eigenvalue weighted by Crippen LogP contribution is 2.39. The van der Waals surface area contributed by atoms with Crippen molar-refractivity contribution in [2.75, 3.05) is 26.2 Å². The molecule has 2 aliphatic heterocycles. The Morgan fingerprint density at radius 3 is 2.61 bits per heavy atom. The Hall–Kier alpha value is -2.35. The molecule has 4 rings (SSSR count). The van der Waals surface area contributed by atoms with E-state index < -0.39 is 11.7 Å². The molecule has 0 unspecified atom stereocenters. The number of aromatic nitrogens is 2. The fourth-order valence-electron chi connectivity index (χ4n) is 5.10. The number of amides is 1. The van der Waals surface area contributed by atoms with Crippen molar-refractivity contribution in [1.82, 2.24) is 20.0 Å². The molecule has 1 aromatic heterocycles. The molecule has 0 saturated carbocycles. The first-order valence-electron chi connectivity index (χ1n) is 12.0. The third-order valence-electron chi connectivity index (χ3n) is 6.96. The number of carbonyl (C=O) groups excluding carboxylic acids is 1. The Morgan fingerprint density at radius 1 is 1.18 bits per heavy atom. The second-order valence-corrected chi connectivity index (χ2v) is 9.74. The van der Waals surface area contributed by atoms with E-state index >= 15 is 0 Å². The van der Waals surface area contributed by atoms with Crippen molar-refractivity contribution >= 4 is 5.91 Å². The van der Waals surface area contributed by atoms with E-state index in [0.29, 0.717) is 43.1 Å². The maximum atomic E-state index is 13.4. The number of aromatic amines is 1. The lowest BCUT2D eigenvalue weighted by Gasteiger charge is -2.33. The largest absolute Gasteiger partial charge is 0.416 e. The molecule has 8 heteroatoms. The van der Waals surface area contributed by atoms with Crippen molar-refractivity contribution in [3.63, 3.8) is 0 Å². The molecule has 33 heavy (non-hydrogen) atoms. The number of hydrogen-bond donors (Lipinski definition) is 1. The van der Waals surface area contributed by atoms with Crippen LogP contribution in [0.3, 0.4) is 0 Å². The number of likely N-dealkylation sites (tertiary alicyclic amines) is 1. The minimum absolute atomic E-state index is 0.112. The lowest BCUT2D eigenvalue weighted by atomic mass is 9.86. The van der Waals surface area contributed by atoms with Gasteiger partial charge in [-0.1, -0.05) is 32.0 Å². The molecule has 5 nitrogen and oxygen atoms in total. The van der Waals surface area contributed by atoms with Crippen LogP contribution in [-0.2, 0) is 19.1 Å². The average Bonchev–Trinajstić information content (AvgIpc) is 3.21. The van der Waals surface area contributed by atoms with Gasteiger partial charge in [-0.2, -0.15) is 18.3 Å². The van der Waals surface area contributed by atoms with Crippen LogP contribution in [0, 0.1) is 5.92 Å². The van der Waals surface area contributed by atoms with E-state index in [-0.39, 0.29) is 11.8 Å². The van der Waals surface area contributed by atoms with Crippen LogP contribution in [0.5, 0.6) is 0 Å². The zero-order chi connectivity index (χ0) is 23.6. The first-order chi connectivity index (χ1) is 15.7. The normalized spacial score (nSPS) is 18.1. The number of halogens is 3. The smallest absolute Gasteiger partial charge is 0.337 e. The number of alkyl halides is 3. The maximum Gasteiger partial charge on any atom is 0.416 e. The summed E-state index contributed by atoms with van der Waals surface area (Å²) in [6.45, 7) is 8.04. The van der Waals surface area contributed by atoms with E-state index in [1.165, 1.54) is 12.5 Å². The molecule has 180 valence electrons. The van der Waals surface area contributed by atoms with Gasteiger partial charge in [-0.05, 0) is 55.7 Å².